The predicted molar refractivity (Wildman–Crippen MR) is 148 cm³/mol. The standard InChI is InChI=1S/C28H35N5O6/c1-6-8-14-30-28(26(29)9-7-2)24-15-20(27(32-39-19(5)35)17(3)31-38-18(4)34)10-12-22(24)23-13-11-21(33(36)37)16-25(23)28/h10-13,15-16,26,30H,6-9,14,29H2,1-5H3/b31-17+,32-27-. The monoisotopic (exact) mass is 537 g/mol. The van der Waals surface area contributed by atoms with E-state index in [1.807, 2.05) is 19.1 Å². The molecule has 11 nitrogen and oxygen atoms in total. The minimum absolute atomic E-state index is 0.0198. The lowest BCUT2D eigenvalue weighted by Crippen LogP contribution is -2.55. The molecule has 3 rings (SSSR count). The van der Waals surface area contributed by atoms with Gasteiger partial charge in [-0.3, -0.25) is 10.1 Å². The molecule has 3 N–H and O–H groups in total. The molecule has 11 heteroatoms. The number of rotatable bonds is 12. The van der Waals surface area contributed by atoms with Crippen LogP contribution >= 0.6 is 0 Å². The molecule has 0 amide bonds. The fraction of sp³-hybridized carbons (Fsp3) is 0.429. The van der Waals surface area contributed by atoms with Gasteiger partial charge in [-0.1, -0.05) is 49.1 Å². The molecule has 2 unspecified atom stereocenters. The Morgan fingerprint density at radius 1 is 1.00 bits per heavy atom. The Hall–Kier alpha value is -3.96. The largest absolute Gasteiger partial charge is 0.332 e. The number of fused-ring (bicyclic) bond motifs is 3. The van der Waals surface area contributed by atoms with Gasteiger partial charge >= 0.3 is 11.9 Å². The van der Waals surface area contributed by atoms with Gasteiger partial charge < -0.3 is 20.7 Å². The molecule has 1 aliphatic carbocycles. The van der Waals surface area contributed by atoms with E-state index in [1.165, 1.54) is 19.9 Å². The number of carbonyl (C=O) groups is 2. The van der Waals surface area contributed by atoms with Crippen molar-refractivity contribution in [2.45, 2.75) is 71.9 Å². The Kier molecular flexibility index (Phi) is 9.66. The van der Waals surface area contributed by atoms with Crippen molar-refractivity contribution in [3.63, 3.8) is 0 Å². The van der Waals surface area contributed by atoms with Gasteiger partial charge in [-0.2, -0.15) is 0 Å². The molecule has 0 aliphatic heterocycles. The first-order chi connectivity index (χ1) is 18.6. The molecule has 0 bridgehead atoms. The first-order valence-corrected chi connectivity index (χ1v) is 13.0. The minimum Gasteiger partial charge on any atom is -0.326 e. The summed E-state index contributed by atoms with van der Waals surface area (Å²) in [7, 11) is 0. The van der Waals surface area contributed by atoms with Crippen LogP contribution in [-0.4, -0.2) is 40.9 Å². The normalized spacial score (nSPS) is 17.3. The third-order valence-electron chi connectivity index (χ3n) is 6.66. The third-order valence-corrected chi connectivity index (χ3v) is 6.66. The number of hydrogen-bond acceptors (Lipinski definition) is 10. The molecule has 0 heterocycles. The smallest absolute Gasteiger partial charge is 0.326 e. The van der Waals surface area contributed by atoms with E-state index in [0.717, 1.165) is 41.5 Å². The Bertz CT molecular complexity index is 1320. The minimum atomic E-state index is -0.925. The third kappa shape index (κ3) is 6.21. The molecular weight excluding hydrogens is 502 g/mol. The topological polar surface area (TPSA) is 159 Å². The lowest BCUT2D eigenvalue weighted by atomic mass is 9.78. The van der Waals surface area contributed by atoms with Crippen molar-refractivity contribution in [1.29, 1.82) is 0 Å². The van der Waals surface area contributed by atoms with Crippen LogP contribution in [0.25, 0.3) is 11.1 Å². The summed E-state index contributed by atoms with van der Waals surface area (Å²) < 4.78 is 0. The van der Waals surface area contributed by atoms with E-state index in [1.54, 1.807) is 25.1 Å². The van der Waals surface area contributed by atoms with Crippen LogP contribution in [0.15, 0.2) is 46.7 Å². The van der Waals surface area contributed by atoms with Gasteiger partial charge in [-0.25, -0.2) is 9.59 Å². The number of nitrogens with zero attached hydrogens (tertiary/aromatic N) is 3. The van der Waals surface area contributed by atoms with Crippen LogP contribution in [0.2, 0.25) is 0 Å². The molecule has 0 spiro atoms. The summed E-state index contributed by atoms with van der Waals surface area (Å²) in [5.41, 5.74) is 10.2. The summed E-state index contributed by atoms with van der Waals surface area (Å²) in [6.07, 6.45) is 3.30. The summed E-state index contributed by atoms with van der Waals surface area (Å²) in [6, 6.07) is 9.99. The summed E-state index contributed by atoms with van der Waals surface area (Å²) in [6.45, 7) is 8.78. The van der Waals surface area contributed by atoms with Gasteiger partial charge in [0.15, 0.2) is 0 Å². The van der Waals surface area contributed by atoms with E-state index in [9.17, 15) is 19.7 Å². The van der Waals surface area contributed by atoms with E-state index >= 15 is 0 Å². The number of non-ortho nitro benzene ring substituents is 1. The number of nitro benzene ring substituents is 1. The number of unbranched alkanes of at least 4 members (excludes halogenated alkanes) is 1. The van der Waals surface area contributed by atoms with Gasteiger partial charge in [0.05, 0.1) is 10.5 Å². The Balaban J connectivity index is 2.31. The zero-order valence-electron chi connectivity index (χ0n) is 22.9. The van der Waals surface area contributed by atoms with Gasteiger partial charge in [0, 0.05) is 37.6 Å². The zero-order valence-corrected chi connectivity index (χ0v) is 22.9. The predicted octanol–water partition coefficient (Wildman–Crippen LogP) is 4.54. The maximum atomic E-state index is 11.7. The van der Waals surface area contributed by atoms with Crippen LogP contribution in [0.5, 0.6) is 0 Å². The van der Waals surface area contributed by atoms with E-state index in [4.69, 9.17) is 15.4 Å². The highest BCUT2D eigenvalue weighted by Crippen LogP contribution is 2.51. The molecule has 0 radical (unpaired) electrons. The average molecular weight is 538 g/mol. The fourth-order valence-electron chi connectivity index (χ4n) is 4.93. The summed E-state index contributed by atoms with van der Waals surface area (Å²) in [5, 5.41) is 23.2. The van der Waals surface area contributed by atoms with Crippen LogP contribution in [0.4, 0.5) is 5.69 Å². The van der Waals surface area contributed by atoms with Crippen LogP contribution in [-0.2, 0) is 24.8 Å². The maximum Gasteiger partial charge on any atom is 0.332 e. The zero-order chi connectivity index (χ0) is 28.7. The number of hydrogen-bond donors (Lipinski definition) is 2. The van der Waals surface area contributed by atoms with E-state index < -0.39 is 28.4 Å². The van der Waals surface area contributed by atoms with Crippen molar-refractivity contribution >= 4 is 29.0 Å². The van der Waals surface area contributed by atoms with Crippen molar-refractivity contribution in [1.82, 2.24) is 5.32 Å². The Morgan fingerprint density at radius 3 is 2.21 bits per heavy atom. The van der Waals surface area contributed by atoms with Crippen molar-refractivity contribution in [2.24, 2.45) is 16.0 Å². The SMILES string of the molecule is CCCCNC1(C(N)CCC)c2cc(C(=N\OC(C)=O)/C(C)=N/OC(C)=O)ccc2-c2ccc([N+](=O)[O-])cc21. The molecule has 1 aliphatic rings. The van der Waals surface area contributed by atoms with E-state index in [0.29, 0.717) is 18.5 Å². The lowest BCUT2D eigenvalue weighted by Gasteiger charge is -2.39. The second kappa shape index (κ2) is 12.7. The Labute approximate surface area is 227 Å². The van der Waals surface area contributed by atoms with Crippen LogP contribution in [0.3, 0.4) is 0 Å². The molecule has 0 fully saturated rings. The van der Waals surface area contributed by atoms with Gasteiger partial charge in [0.1, 0.15) is 11.4 Å². The van der Waals surface area contributed by atoms with Gasteiger partial charge in [0.2, 0.25) is 0 Å². The molecule has 0 aromatic heterocycles. The van der Waals surface area contributed by atoms with E-state index in [-0.39, 0.29) is 17.1 Å². The molecular formula is C28H35N5O6. The van der Waals surface area contributed by atoms with Crippen molar-refractivity contribution in [3.05, 3.63) is 63.2 Å². The number of nitro groups is 1. The average Bonchev–Trinajstić information content (AvgIpc) is 3.17. The highest BCUT2D eigenvalue weighted by molar-refractivity contribution is 6.47. The number of benzene rings is 2. The van der Waals surface area contributed by atoms with Gasteiger partial charge in [-0.15, -0.1) is 0 Å². The second-order valence-corrected chi connectivity index (χ2v) is 9.51. The summed E-state index contributed by atoms with van der Waals surface area (Å²) in [5.74, 6) is -1.24. The van der Waals surface area contributed by atoms with Gasteiger partial charge in [-0.05, 0) is 60.7 Å². The molecule has 208 valence electrons. The first kappa shape index (κ1) is 29.6. The van der Waals surface area contributed by atoms with Crippen LogP contribution in [0, 0.1) is 10.1 Å². The van der Waals surface area contributed by atoms with Gasteiger partial charge in [0.25, 0.3) is 5.69 Å². The number of nitrogens with two attached hydrogens (primary N) is 1. The summed E-state index contributed by atoms with van der Waals surface area (Å²) >= 11 is 0. The molecule has 39 heavy (non-hydrogen) atoms. The molecule has 2 aromatic rings. The maximum absolute atomic E-state index is 11.7. The highest BCUT2D eigenvalue weighted by atomic mass is 16.7. The quantitative estimate of drug-likeness (QED) is 0.131. The van der Waals surface area contributed by atoms with Crippen LogP contribution < -0.4 is 11.1 Å². The molecule has 2 aromatic carbocycles. The lowest BCUT2D eigenvalue weighted by molar-refractivity contribution is -0.384. The molecule has 0 saturated heterocycles. The van der Waals surface area contributed by atoms with Crippen LogP contribution in [0.1, 0.15) is 77.0 Å². The molecule has 0 saturated carbocycles. The fourth-order valence-corrected chi connectivity index (χ4v) is 4.93. The number of oxime groups is 2. The van der Waals surface area contributed by atoms with Crippen molar-refractivity contribution in [3.8, 4) is 11.1 Å². The van der Waals surface area contributed by atoms with E-state index in [2.05, 4.69) is 22.6 Å². The first-order valence-electron chi connectivity index (χ1n) is 13.0. The van der Waals surface area contributed by atoms with Crippen molar-refractivity contribution < 1.29 is 24.2 Å². The second-order valence-electron chi connectivity index (χ2n) is 9.51. The molecule has 2 atom stereocenters. The number of carbonyl (C=O) groups excluding carboxylic acids is 2. The Morgan fingerprint density at radius 2 is 1.62 bits per heavy atom. The number of nitrogens with one attached hydrogen (secondary N) is 1. The van der Waals surface area contributed by atoms with Crippen molar-refractivity contribution in [2.75, 3.05) is 6.54 Å². The summed E-state index contributed by atoms with van der Waals surface area (Å²) in [4.78, 5) is 44.0. The highest BCUT2D eigenvalue weighted by Gasteiger charge is 2.48.